The molecule has 0 aromatic carbocycles. The standard InChI is InChI=1S/C14H29NO3.CH3NO2/c1-2-3-4-5-6-7-8-9-13-18-14(17)15-11-10-12-16;2-1(3)4/h16H,2-13H2,1H3,(H,15,17);2H2,(H,3,4)/p-1. The molecule has 22 heavy (non-hydrogen) atoms. The van der Waals surface area contributed by atoms with E-state index in [2.05, 4.69) is 18.0 Å². The Morgan fingerprint density at radius 2 is 1.55 bits per heavy atom. The Balaban J connectivity index is 0. The number of nitrogens with one attached hydrogen (secondary N) is 1. The van der Waals surface area contributed by atoms with Gasteiger partial charge in [0.25, 0.3) is 0 Å². The average molecular weight is 319 g/mol. The van der Waals surface area contributed by atoms with Crippen molar-refractivity contribution in [3.8, 4) is 0 Å². The molecule has 132 valence electrons. The van der Waals surface area contributed by atoms with Gasteiger partial charge in [-0.3, -0.25) is 0 Å². The SMILES string of the molecule is CCCCCCCCCCOC(=O)NCCCO.NC(=O)[O-]. The van der Waals surface area contributed by atoms with Crippen LogP contribution in [-0.4, -0.2) is 37.1 Å². The number of unbranched alkanes of at least 4 members (excludes halogenated alkanes) is 7. The topological polar surface area (TPSA) is 125 Å². The number of aliphatic hydroxyl groups is 1. The van der Waals surface area contributed by atoms with Gasteiger partial charge in [-0.1, -0.05) is 51.9 Å². The Hall–Kier alpha value is -1.50. The number of hydrogen-bond donors (Lipinski definition) is 3. The van der Waals surface area contributed by atoms with Gasteiger partial charge in [-0.15, -0.1) is 0 Å². The molecule has 0 saturated carbocycles. The molecular formula is C15H31N2O5-. The van der Waals surface area contributed by atoms with Crippen molar-refractivity contribution >= 4 is 12.2 Å². The van der Waals surface area contributed by atoms with Crippen molar-refractivity contribution in [2.45, 2.75) is 64.7 Å². The fraction of sp³-hybridized carbons (Fsp3) is 0.867. The molecular weight excluding hydrogens is 288 g/mol. The van der Waals surface area contributed by atoms with Crippen LogP contribution in [0.1, 0.15) is 64.7 Å². The molecule has 0 spiro atoms. The van der Waals surface area contributed by atoms with E-state index in [0.29, 0.717) is 19.6 Å². The van der Waals surface area contributed by atoms with Crippen LogP contribution >= 0.6 is 0 Å². The predicted molar refractivity (Wildman–Crippen MR) is 83.2 cm³/mol. The van der Waals surface area contributed by atoms with Crippen LogP contribution in [0, 0.1) is 0 Å². The smallest absolute Gasteiger partial charge is 0.407 e. The summed E-state index contributed by atoms with van der Waals surface area (Å²) in [7, 11) is 0. The van der Waals surface area contributed by atoms with Crippen molar-refractivity contribution in [3.63, 3.8) is 0 Å². The lowest BCUT2D eigenvalue weighted by Gasteiger charge is -2.06. The Morgan fingerprint density at radius 1 is 1.05 bits per heavy atom. The van der Waals surface area contributed by atoms with E-state index >= 15 is 0 Å². The molecule has 0 unspecified atom stereocenters. The van der Waals surface area contributed by atoms with Crippen molar-refractivity contribution in [1.29, 1.82) is 0 Å². The van der Waals surface area contributed by atoms with Crippen LogP contribution in [0.4, 0.5) is 9.59 Å². The summed E-state index contributed by atoms with van der Waals surface area (Å²) in [6, 6.07) is 0. The van der Waals surface area contributed by atoms with E-state index in [1.54, 1.807) is 0 Å². The van der Waals surface area contributed by atoms with Gasteiger partial charge in [0.05, 0.1) is 6.61 Å². The zero-order chi connectivity index (χ0) is 17.1. The molecule has 0 aromatic heterocycles. The monoisotopic (exact) mass is 319 g/mol. The number of alkyl carbamates (subject to hydrolysis) is 1. The average Bonchev–Trinajstić information content (AvgIpc) is 2.45. The Kier molecular flexibility index (Phi) is 20.2. The number of rotatable bonds is 12. The van der Waals surface area contributed by atoms with E-state index in [9.17, 15) is 4.79 Å². The number of aliphatic hydroxyl groups excluding tert-OH is 1. The van der Waals surface area contributed by atoms with E-state index in [1.807, 2.05) is 0 Å². The van der Waals surface area contributed by atoms with E-state index < -0.39 is 6.09 Å². The molecule has 0 radical (unpaired) electrons. The van der Waals surface area contributed by atoms with Crippen LogP contribution in [-0.2, 0) is 4.74 Å². The van der Waals surface area contributed by atoms with Gasteiger partial charge in [0, 0.05) is 13.2 Å². The number of amides is 2. The van der Waals surface area contributed by atoms with Gasteiger partial charge in [0.2, 0.25) is 0 Å². The first-order valence-electron chi connectivity index (χ1n) is 8.02. The van der Waals surface area contributed by atoms with Crippen LogP contribution in [0.25, 0.3) is 0 Å². The van der Waals surface area contributed by atoms with Crippen molar-refractivity contribution < 1.29 is 24.5 Å². The molecule has 0 aliphatic rings. The van der Waals surface area contributed by atoms with E-state index in [1.165, 1.54) is 38.5 Å². The van der Waals surface area contributed by atoms with Gasteiger partial charge in [0.15, 0.2) is 0 Å². The lowest BCUT2D eigenvalue weighted by Crippen LogP contribution is -2.29. The van der Waals surface area contributed by atoms with Gasteiger partial charge >= 0.3 is 6.09 Å². The van der Waals surface area contributed by atoms with Gasteiger partial charge in [0.1, 0.15) is 6.09 Å². The zero-order valence-corrected chi connectivity index (χ0v) is 13.6. The number of hydrogen-bond acceptors (Lipinski definition) is 5. The molecule has 0 aliphatic heterocycles. The maximum atomic E-state index is 11.1. The molecule has 0 aliphatic carbocycles. The second-order valence-corrected chi connectivity index (χ2v) is 4.93. The fourth-order valence-electron chi connectivity index (χ4n) is 1.72. The quantitative estimate of drug-likeness (QED) is 0.470. The summed E-state index contributed by atoms with van der Waals surface area (Å²) in [6.45, 7) is 3.30. The highest BCUT2D eigenvalue weighted by Crippen LogP contribution is 2.08. The summed E-state index contributed by atoms with van der Waals surface area (Å²) in [5.41, 5.74) is 3.92. The van der Waals surface area contributed by atoms with Crippen LogP contribution < -0.4 is 16.2 Å². The number of nitrogens with two attached hydrogens (primary N) is 1. The molecule has 0 heterocycles. The lowest BCUT2D eigenvalue weighted by atomic mass is 10.1. The molecule has 2 amide bonds. The highest BCUT2D eigenvalue weighted by molar-refractivity contribution is 5.66. The summed E-state index contributed by atoms with van der Waals surface area (Å²) < 4.78 is 5.00. The van der Waals surface area contributed by atoms with Gasteiger partial charge < -0.3 is 30.8 Å². The van der Waals surface area contributed by atoms with E-state index in [0.717, 1.165) is 12.8 Å². The second-order valence-electron chi connectivity index (χ2n) is 4.93. The minimum absolute atomic E-state index is 0.0955. The van der Waals surface area contributed by atoms with Crippen LogP contribution in [0.15, 0.2) is 0 Å². The third-order valence-corrected chi connectivity index (χ3v) is 2.84. The summed E-state index contributed by atoms with van der Waals surface area (Å²) in [5, 5.41) is 19.8. The van der Waals surface area contributed by atoms with Gasteiger partial charge in [-0.25, -0.2) is 4.79 Å². The molecule has 0 saturated heterocycles. The minimum Gasteiger partial charge on any atom is -0.530 e. The molecule has 7 heteroatoms. The first-order valence-corrected chi connectivity index (χ1v) is 8.02. The number of carbonyl (C=O) groups excluding carboxylic acids is 2. The Bertz CT molecular complexity index is 258. The maximum Gasteiger partial charge on any atom is 0.407 e. The molecule has 4 N–H and O–H groups in total. The fourth-order valence-corrected chi connectivity index (χ4v) is 1.72. The largest absolute Gasteiger partial charge is 0.530 e. The van der Waals surface area contributed by atoms with Crippen LogP contribution in [0.3, 0.4) is 0 Å². The highest BCUT2D eigenvalue weighted by Gasteiger charge is 1.99. The van der Waals surface area contributed by atoms with Gasteiger partial charge in [-0.05, 0) is 12.8 Å². The number of carboxylic acid groups (broad SMARTS) is 1. The molecule has 7 nitrogen and oxygen atoms in total. The van der Waals surface area contributed by atoms with Crippen LogP contribution in [0.2, 0.25) is 0 Å². The summed E-state index contributed by atoms with van der Waals surface area (Å²) >= 11 is 0. The number of primary amides is 1. The summed E-state index contributed by atoms with van der Waals surface area (Å²) in [4.78, 5) is 19.8. The molecule has 0 rings (SSSR count). The number of carbonyl (C=O) groups is 2. The Labute approximate surface area is 133 Å². The van der Waals surface area contributed by atoms with Crippen molar-refractivity contribution in [3.05, 3.63) is 0 Å². The Morgan fingerprint density at radius 3 is 2.05 bits per heavy atom. The van der Waals surface area contributed by atoms with Crippen molar-refractivity contribution in [2.75, 3.05) is 19.8 Å². The predicted octanol–water partition coefficient (Wildman–Crippen LogP) is 1.52. The zero-order valence-electron chi connectivity index (χ0n) is 13.6. The molecule has 0 atom stereocenters. The van der Waals surface area contributed by atoms with Crippen LogP contribution in [0.5, 0.6) is 0 Å². The maximum absolute atomic E-state index is 11.1. The molecule has 0 aromatic rings. The van der Waals surface area contributed by atoms with Gasteiger partial charge in [-0.2, -0.15) is 0 Å². The highest BCUT2D eigenvalue weighted by atomic mass is 16.5. The lowest BCUT2D eigenvalue weighted by molar-refractivity contribution is -0.245. The number of ether oxygens (including phenoxy) is 1. The summed E-state index contributed by atoms with van der Waals surface area (Å²) in [6.07, 6.45) is 8.55. The van der Waals surface area contributed by atoms with Crippen molar-refractivity contribution in [2.24, 2.45) is 5.73 Å². The first kappa shape index (κ1) is 22.8. The normalized spacial score (nSPS) is 9.55. The van der Waals surface area contributed by atoms with E-state index in [-0.39, 0.29) is 12.7 Å². The third kappa shape index (κ3) is 26.9. The minimum atomic E-state index is -1.58. The molecule has 0 bridgehead atoms. The summed E-state index contributed by atoms with van der Waals surface area (Å²) in [5.74, 6) is 0. The van der Waals surface area contributed by atoms with Crippen molar-refractivity contribution in [1.82, 2.24) is 5.32 Å². The second kappa shape index (κ2) is 19.5. The third-order valence-electron chi connectivity index (χ3n) is 2.84. The molecule has 0 fully saturated rings. The van der Waals surface area contributed by atoms with E-state index in [4.69, 9.17) is 19.7 Å². The first-order chi connectivity index (χ1) is 10.5.